The maximum absolute atomic E-state index is 11.3. The van der Waals surface area contributed by atoms with Crippen molar-refractivity contribution in [2.24, 2.45) is 0 Å². The van der Waals surface area contributed by atoms with Gasteiger partial charge < -0.3 is 29.7 Å². The van der Waals surface area contributed by atoms with Crippen molar-refractivity contribution in [1.29, 1.82) is 0 Å². The van der Waals surface area contributed by atoms with Crippen LogP contribution in [0.5, 0.6) is 0 Å². The number of ether oxygens (including phenoxy) is 2. The van der Waals surface area contributed by atoms with Crippen molar-refractivity contribution >= 4 is 5.97 Å². The van der Waals surface area contributed by atoms with Crippen LogP contribution in [0.4, 0.5) is 0 Å². The fourth-order valence-corrected chi connectivity index (χ4v) is 1.43. The van der Waals surface area contributed by atoms with Crippen LogP contribution < -0.4 is 0 Å². The van der Waals surface area contributed by atoms with Crippen LogP contribution in [0, 0.1) is 0 Å². The molecule has 0 aromatic heterocycles. The summed E-state index contributed by atoms with van der Waals surface area (Å²) in [7, 11) is 3.67. The summed E-state index contributed by atoms with van der Waals surface area (Å²) in [6.45, 7) is 0.389. The Morgan fingerprint density at radius 3 is 2.41 bits per heavy atom. The first-order valence-corrected chi connectivity index (χ1v) is 5.42. The van der Waals surface area contributed by atoms with E-state index in [2.05, 4.69) is 0 Å². The third-order valence-electron chi connectivity index (χ3n) is 2.51. The summed E-state index contributed by atoms with van der Waals surface area (Å²) in [5.74, 6) is -0.412. The van der Waals surface area contributed by atoms with Gasteiger partial charge in [0.25, 0.3) is 0 Å². The minimum Gasteiger partial charge on any atom is -0.463 e. The van der Waals surface area contributed by atoms with Crippen LogP contribution in [0.2, 0.25) is 0 Å². The van der Waals surface area contributed by atoms with Gasteiger partial charge in [-0.1, -0.05) is 0 Å². The van der Waals surface area contributed by atoms with Gasteiger partial charge in [0.1, 0.15) is 24.9 Å². The number of hydrogen-bond acceptors (Lipinski definition) is 7. The highest BCUT2D eigenvalue weighted by Crippen LogP contribution is 2.19. The monoisotopic (exact) mass is 249 g/mol. The summed E-state index contributed by atoms with van der Waals surface area (Å²) in [5.41, 5.74) is 0. The van der Waals surface area contributed by atoms with Gasteiger partial charge in [-0.05, 0) is 14.1 Å². The summed E-state index contributed by atoms with van der Waals surface area (Å²) in [4.78, 5) is 13.1. The zero-order valence-electron chi connectivity index (χ0n) is 9.94. The summed E-state index contributed by atoms with van der Waals surface area (Å²) in [6, 6.07) is 0. The lowest BCUT2D eigenvalue weighted by Crippen LogP contribution is -2.35. The molecule has 0 bridgehead atoms. The molecule has 0 spiro atoms. The van der Waals surface area contributed by atoms with Crippen molar-refractivity contribution in [2.75, 3.05) is 27.2 Å². The molecule has 4 atom stereocenters. The lowest BCUT2D eigenvalue weighted by molar-refractivity contribution is -0.157. The van der Waals surface area contributed by atoms with Crippen LogP contribution in [0.1, 0.15) is 6.42 Å². The zero-order chi connectivity index (χ0) is 13.0. The largest absolute Gasteiger partial charge is 0.463 e. The molecular weight excluding hydrogens is 230 g/mol. The number of esters is 1. The smallest absolute Gasteiger partial charge is 0.307 e. The van der Waals surface area contributed by atoms with E-state index in [1.54, 1.807) is 0 Å². The van der Waals surface area contributed by atoms with Gasteiger partial charge in [0.15, 0.2) is 6.29 Å². The second-order valence-corrected chi connectivity index (χ2v) is 4.28. The van der Waals surface area contributed by atoms with Gasteiger partial charge >= 0.3 is 5.97 Å². The predicted molar refractivity (Wildman–Crippen MR) is 57.0 cm³/mol. The van der Waals surface area contributed by atoms with Crippen LogP contribution in [0.15, 0.2) is 0 Å². The molecule has 0 saturated carbocycles. The molecule has 1 aliphatic rings. The molecule has 0 aromatic carbocycles. The second kappa shape index (κ2) is 6.27. The van der Waals surface area contributed by atoms with Crippen molar-refractivity contribution in [3.63, 3.8) is 0 Å². The van der Waals surface area contributed by atoms with E-state index < -0.39 is 30.6 Å². The van der Waals surface area contributed by atoms with Crippen molar-refractivity contribution in [2.45, 2.75) is 31.0 Å². The first-order valence-electron chi connectivity index (χ1n) is 5.42. The Morgan fingerprint density at radius 1 is 1.29 bits per heavy atom. The van der Waals surface area contributed by atoms with Crippen molar-refractivity contribution in [1.82, 2.24) is 4.90 Å². The third-order valence-corrected chi connectivity index (χ3v) is 2.51. The lowest BCUT2D eigenvalue weighted by Gasteiger charge is -2.15. The number of carbonyl (C=O) groups excluding carboxylic acids is 1. The molecule has 1 heterocycles. The number of aliphatic hydroxyl groups is 3. The van der Waals surface area contributed by atoms with E-state index in [1.807, 2.05) is 19.0 Å². The van der Waals surface area contributed by atoms with Crippen LogP contribution >= 0.6 is 0 Å². The van der Waals surface area contributed by atoms with Crippen LogP contribution in [0.25, 0.3) is 0 Å². The number of nitrogens with zero attached hydrogens (tertiary/aromatic N) is 1. The molecule has 7 heteroatoms. The molecule has 1 fully saturated rings. The molecule has 0 aromatic rings. The highest BCUT2D eigenvalue weighted by molar-refractivity contribution is 5.69. The fourth-order valence-electron chi connectivity index (χ4n) is 1.43. The SMILES string of the molecule is CN(C)CCC(=O)OC[C@H]1O[C@@H](O)[C@H](O)[C@@H]1O. The Kier molecular flexibility index (Phi) is 5.29. The molecular formula is C10H19NO6. The third kappa shape index (κ3) is 4.21. The summed E-state index contributed by atoms with van der Waals surface area (Å²) in [5, 5.41) is 27.7. The molecule has 1 saturated heterocycles. The van der Waals surface area contributed by atoms with Crippen LogP contribution in [0.3, 0.4) is 0 Å². The number of rotatable bonds is 5. The second-order valence-electron chi connectivity index (χ2n) is 4.28. The highest BCUT2D eigenvalue weighted by Gasteiger charge is 2.42. The molecule has 7 nitrogen and oxygen atoms in total. The van der Waals surface area contributed by atoms with Crippen molar-refractivity contribution in [3.8, 4) is 0 Å². The molecule has 0 amide bonds. The van der Waals surface area contributed by atoms with E-state index >= 15 is 0 Å². The van der Waals surface area contributed by atoms with Gasteiger partial charge in [-0.25, -0.2) is 0 Å². The fraction of sp³-hybridized carbons (Fsp3) is 0.900. The molecule has 17 heavy (non-hydrogen) atoms. The van der Waals surface area contributed by atoms with Gasteiger partial charge in [0.2, 0.25) is 0 Å². The number of hydrogen-bond donors (Lipinski definition) is 3. The molecule has 0 aliphatic carbocycles. The van der Waals surface area contributed by atoms with E-state index in [0.29, 0.717) is 6.54 Å². The predicted octanol–water partition coefficient (Wildman–Crippen LogP) is -2.08. The minimum absolute atomic E-state index is 0.179. The van der Waals surface area contributed by atoms with E-state index in [1.165, 1.54) is 0 Å². The molecule has 100 valence electrons. The molecule has 0 radical (unpaired) electrons. The van der Waals surface area contributed by atoms with Crippen molar-refractivity contribution in [3.05, 3.63) is 0 Å². The minimum atomic E-state index is -1.43. The summed E-state index contributed by atoms with van der Waals surface area (Å²) < 4.78 is 9.70. The van der Waals surface area contributed by atoms with Gasteiger partial charge in [-0.3, -0.25) is 4.79 Å². The number of carbonyl (C=O) groups is 1. The Labute approximate surface area is 99.5 Å². The summed E-state index contributed by atoms with van der Waals surface area (Å²) in [6.07, 6.45) is -4.69. The van der Waals surface area contributed by atoms with Gasteiger partial charge in [-0.15, -0.1) is 0 Å². The molecule has 1 aliphatic heterocycles. The first kappa shape index (κ1) is 14.3. The zero-order valence-corrected chi connectivity index (χ0v) is 9.94. The average Bonchev–Trinajstić information content (AvgIpc) is 2.51. The summed E-state index contributed by atoms with van der Waals surface area (Å²) >= 11 is 0. The first-order chi connectivity index (χ1) is 7.91. The average molecular weight is 249 g/mol. The molecule has 3 N–H and O–H groups in total. The maximum Gasteiger partial charge on any atom is 0.307 e. The van der Waals surface area contributed by atoms with E-state index in [0.717, 1.165) is 0 Å². The van der Waals surface area contributed by atoms with E-state index in [-0.39, 0.29) is 13.0 Å². The quantitative estimate of drug-likeness (QED) is 0.481. The van der Waals surface area contributed by atoms with Gasteiger partial charge in [-0.2, -0.15) is 0 Å². The standard InChI is InChI=1S/C10H19NO6/c1-11(2)4-3-7(12)16-5-6-8(13)9(14)10(15)17-6/h6,8-10,13-15H,3-5H2,1-2H3/t6-,8-,9-,10-/m1/s1. The lowest BCUT2D eigenvalue weighted by atomic mass is 10.1. The van der Waals surface area contributed by atoms with E-state index in [9.17, 15) is 15.0 Å². The Morgan fingerprint density at radius 2 is 1.94 bits per heavy atom. The van der Waals surface area contributed by atoms with Gasteiger partial charge in [0, 0.05) is 6.54 Å². The van der Waals surface area contributed by atoms with E-state index in [4.69, 9.17) is 14.6 Å². The van der Waals surface area contributed by atoms with Crippen LogP contribution in [-0.4, -0.2) is 78.0 Å². The Hall–Kier alpha value is -0.730. The molecule has 0 unspecified atom stereocenters. The maximum atomic E-state index is 11.3. The number of aliphatic hydroxyl groups excluding tert-OH is 3. The Bertz CT molecular complexity index is 259. The van der Waals surface area contributed by atoms with Gasteiger partial charge in [0.05, 0.1) is 6.42 Å². The highest BCUT2D eigenvalue weighted by atomic mass is 16.7. The van der Waals surface area contributed by atoms with Crippen molar-refractivity contribution < 1.29 is 29.6 Å². The molecule has 1 rings (SSSR count). The van der Waals surface area contributed by atoms with Crippen LogP contribution in [-0.2, 0) is 14.3 Å². The Balaban J connectivity index is 2.25. The topological polar surface area (TPSA) is 99.5 Å². The normalized spacial score (nSPS) is 33.1.